The fourth-order valence-electron chi connectivity index (χ4n) is 2.60. The summed E-state index contributed by atoms with van der Waals surface area (Å²) in [5, 5.41) is 2.29. The third-order valence-electron chi connectivity index (χ3n) is 3.88. The summed E-state index contributed by atoms with van der Waals surface area (Å²) in [6, 6.07) is 15.1. The Labute approximate surface area is 160 Å². The van der Waals surface area contributed by atoms with Gasteiger partial charge in [0.25, 0.3) is 11.1 Å². The molecule has 1 saturated heterocycles. The Bertz CT molecular complexity index is 899. The zero-order valence-electron chi connectivity index (χ0n) is 14.4. The third kappa shape index (κ3) is 5.04. The third-order valence-corrected chi connectivity index (χ3v) is 4.79. The van der Waals surface area contributed by atoms with Gasteiger partial charge in [0, 0.05) is 13.1 Å². The first-order valence-electron chi connectivity index (χ1n) is 8.34. The van der Waals surface area contributed by atoms with Gasteiger partial charge in [-0.15, -0.1) is 0 Å². The van der Waals surface area contributed by atoms with Gasteiger partial charge in [-0.3, -0.25) is 19.3 Å². The Kier molecular flexibility index (Phi) is 6.03. The first kappa shape index (κ1) is 18.8. The van der Waals surface area contributed by atoms with Crippen LogP contribution in [0.5, 0.6) is 0 Å². The van der Waals surface area contributed by atoms with E-state index >= 15 is 0 Å². The minimum Gasteiger partial charge on any atom is -0.354 e. The van der Waals surface area contributed by atoms with Crippen LogP contribution in [0, 0.1) is 5.82 Å². The van der Waals surface area contributed by atoms with Crippen LogP contribution in [0.4, 0.5) is 9.18 Å². The molecule has 1 fully saturated rings. The van der Waals surface area contributed by atoms with E-state index in [0.29, 0.717) is 10.5 Å². The summed E-state index contributed by atoms with van der Waals surface area (Å²) < 4.78 is 13.1. The zero-order valence-corrected chi connectivity index (χ0v) is 15.2. The van der Waals surface area contributed by atoms with Gasteiger partial charge in [-0.05, 0) is 41.1 Å². The highest BCUT2D eigenvalue weighted by molar-refractivity contribution is 8.18. The highest BCUT2D eigenvalue weighted by atomic mass is 32.2. The normalized spacial score (nSPS) is 15.4. The number of benzene rings is 2. The number of hydrogen-bond donors (Lipinski definition) is 1. The predicted molar refractivity (Wildman–Crippen MR) is 102 cm³/mol. The van der Waals surface area contributed by atoms with E-state index in [2.05, 4.69) is 5.32 Å². The van der Waals surface area contributed by atoms with E-state index < -0.39 is 5.82 Å². The highest BCUT2D eigenvalue weighted by Gasteiger charge is 2.34. The number of nitrogens with zero attached hydrogens (tertiary/aromatic N) is 1. The van der Waals surface area contributed by atoms with Crippen LogP contribution >= 0.6 is 11.8 Å². The topological polar surface area (TPSA) is 66.5 Å². The van der Waals surface area contributed by atoms with Crippen molar-refractivity contribution in [3.05, 3.63) is 76.4 Å². The van der Waals surface area contributed by atoms with Crippen molar-refractivity contribution in [2.75, 3.05) is 13.1 Å². The Morgan fingerprint density at radius 2 is 1.89 bits per heavy atom. The van der Waals surface area contributed by atoms with Crippen molar-refractivity contribution in [2.45, 2.75) is 6.42 Å². The second-order valence-corrected chi connectivity index (χ2v) is 6.89. The first-order valence-corrected chi connectivity index (χ1v) is 9.16. The molecule has 0 radical (unpaired) electrons. The average molecular weight is 384 g/mol. The number of halogens is 1. The minimum absolute atomic E-state index is 0.0353. The quantitative estimate of drug-likeness (QED) is 0.777. The molecule has 0 atom stereocenters. The molecule has 27 heavy (non-hydrogen) atoms. The number of rotatable bonds is 6. The summed E-state index contributed by atoms with van der Waals surface area (Å²) in [7, 11) is 0. The molecule has 3 rings (SSSR count). The van der Waals surface area contributed by atoms with Gasteiger partial charge in [-0.25, -0.2) is 4.39 Å². The van der Waals surface area contributed by atoms with E-state index in [0.717, 1.165) is 22.2 Å². The molecule has 5 nitrogen and oxygen atoms in total. The summed E-state index contributed by atoms with van der Waals surface area (Å²) in [4.78, 5) is 37.8. The average Bonchev–Trinajstić information content (AvgIpc) is 2.90. The van der Waals surface area contributed by atoms with Gasteiger partial charge in [0.2, 0.25) is 5.91 Å². The first-order chi connectivity index (χ1) is 13.0. The van der Waals surface area contributed by atoms with E-state index in [-0.39, 0.29) is 36.6 Å². The molecule has 2 aromatic carbocycles. The summed E-state index contributed by atoms with van der Waals surface area (Å²) >= 11 is 0.884. The van der Waals surface area contributed by atoms with Gasteiger partial charge in [0.1, 0.15) is 5.82 Å². The lowest BCUT2D eigenvalue weighted by molar-refractivity contribution is -0.124. The van der Waals surface area contributed by atoms with Crippen LogP contribution in [-0.2, 0) is 16.0 Å². The minimum atomic E-state index is -0.400. The maximum atomic E-state index is 13.1. The van der Waals surface area contributed by atoms with Gasteiger partial charge in [-0.1, -0.05) is 42.5 Å². The number of imide groups is 1. The van der Waals surface area contributed by atoms with Crippen molar-refractivity contribution >= 4 is 34.9 Å². The predicted octanol–water partition coefficient (Wildman–Crippen LogP) is 3.22. The monoisotopic (exact) mass is 384 g/mol. The fourth-order valence-corrected chi connectivity index (χ4v) is 3.46. The Hall–Kier alpha value is -2.93. The molecule has 7 heteroatoms. The fraction of sp³-hybridized carbons (Fsp3) is 0.150. The lowest BCUT2D eigenvalue weighted by atomic mass is 10.1. The maximum Gasteiger partial charge on any atom is 0.293 e. The highest BCUT2D eigenvalue weighted by Crippen LogP contribution is 2.31. The Balaban J connectivity index is 1.52. The van der Waals surface area contributed by atoms with Gasteiger partial charge in [0.15, 0.2) is 0 Å². The van der Waals surface area contributed by atoms with E-state index in [4.69, 9.17) is 0 Å². The lowest BCUT2D eigenvalue weighted by Gasteiger charge is -2.13. The van der Waals surface area contributed by atoms with Gasteiger partial charge in [0.05, 0.1) is 11.3 Å². The van der Waals surface area contributed by atoms with Crippen molar-refractivity contribution in [3.63, 3.8) is 0 Å². The number of thioether (sulfide) groups is 1. The summed E-state index contributed by atoms with van der Waals surface area (Å²) in [5.41, 5.74) is 1.40. The van der Waals surface area contributed by atoms with Crippen LogP contribution in [0.25, 0.3) is 6.08 Å². The molecular weight excluding hydrogens is 367 g/mol. The van der Waals surface area contributed by atoms with Gasteiger partial charge >= 0.3 is 0 Å². The molecule has 0 saturated carbocycles. The maximum absolute atomic E-state index is 13.1. The van der Waals surface area contributed by atoms with Crippen molar-refractivity contribution in [1.29, 1.82) is 0 Å². The van der Waals surface area contributed by atoms with E-state index in [1.165, 1.54) is 18.2 Å². The number of carbonyl (C=O) groups excluding carboxylic acids is 3. The van der Waals surface area contributed by atoms with Crippen LogP contribution in [0.1, 0.15) is 11.1 Å². The number of carbonyl (C=O) groups is 3. The molecule has 1 heterocycles. The Morgan fingerprint density at radius 3 is 2.63 bits per heavy atom. The smallest absolute Gasteiger partial charge is 0.293 e. The van der Waals surface area contributed by atoms with Crippen molar-refractivity contribution in [1.82, 2.24) is 10.2 Å². The van der Waals surface area contributed by atoms with Crippen LogP contribution in [-0.4, -0.2) is 35.0 Å². The molecule has 3 amide bonds. The molecule has 0 unspecified atom stereocenters. The zero-order chi connectivity index (χ0) is 19.2. The lowest BCUT2D eigenvalue weighted by Crippen LogP contribution is -2.37. The van der Waals surface area contributed by atoms with E-state index in [9.17, 15) is 18.8 Å². The van der Waals surface area contributed by atoms with Gasteiger partial charge in [-0.2, -0.15) is 0 Å². The number of nitrogens with one attached hydrogen (secondary N) is 1. The molecule has 1 aliphatic heterocycles. The Morgan fingerprint density at radius 1 is 1.11 bits per heavy atom. The second-order valence-electron chi connectivity index (χ2n) is 5.90. The van der Waals surface area contributed by atoms with Crippen LogP contribution in [0.3, 0.4) is 0 Å². The second kappa shape index (κ2) is 8.64. The molecule has 0 bridgehead atoms. The summed E-state index contributed by atoms with van der Waals surface area (Å²) in [6.45, 7) is 0.233. The van der Waals surface area contributed by atoms with E-state index in [1.54, 1.807) is 12.1 Å². The standard InChI is InChI=1S/C20H17FN2O3S/c21-16-8-4-7-15(11-16)13-18(24)22-9-10-23-19(25)17(27-20(23)26)12-14-5-2-1-3-6-14/h1-8,11-12H,9-10,13H2,(H,22,24). The molecule has 138 valence electrons. The van der Waals surface area contributed by atoms with Crippen LogP contribution in [0.15, 0.2) is 59.5 Å². The van der Waals surface area contributed by atoms with Crippen molar-refractivity contribution in [2.24, 2.45) is 0 Å². The van der Waals surface area contributed by atoms with E-state index in [1.807, 2.05) is 30.3 Å². The summed E-state index contributed by atoms with van der Waals surface area (Å²) in [6.07, 6.45) is 1.71. The molecule has 1 aliphatic rings. The SMILES string of the molecule is O=C(Cc1cccc(F)c1)NCCN1C(=O)SC(=Cc2ccccc2)C1=O. The van der Waals surface area contributed by atoms with Crippen LogP contribution < -0.4 is 5.32 Å². The molecule has 1 N–H and O–H groups in total. The molecule has 0 spiro atoms. The number of hydrogen-bond acceptors (Lipinski definition) is 4. The number of amides is 3. The van der Waals surface area contributed by atoms with Crippen LogP contribution in [0.2, 0.25) is 0 Å². The largest absolute Gasteiger partial charge is 0.354 e. The van der Waals surface area contributed by atoms with Crippen molar-refractivity contribution in [3.8, 4) is 0 Å². The molecule has 0 aromatic heterocycles. The molecular formula is C20H17FN2O3S. The van der Waals surface area contributed by atoms with Gasteiger partial charge < -0.3 is 5.32 Å². The molecule has 2 aromatic rings. The molecule has 0 aliphatic carbocycles. The summed E-state index contributed by atoms with van der Waals surface area (Å²) in [5.74, 6) is -1.07. The van der Waals surface area contributed by atoms with Crippen molar-refractivity contribution < 1.29 is 18.8 Å².